The maximum absolute atomic E-state index is 11.6. The molecule has 0 saturated heterocycles. The van der Waals surface area contributed by atoms with Crippen molar-refractivity contribution < 1.29 is 28.8 Å². The predicted molar refractivity (Wildman–Crippen MR) is 31.1 cm³/mol. The molecule has 3 N–H and O–H groups in total. The molecule has 4 nitrogen and oxygen atoms in total. The molecule has 0 bridgehead atoms. The van der Waals surface area contributed by atoms with E-state index in [0.717, 1.165) is 0 Å². The van der Waals surface area contributed by atoms with Crippen LogP contribution in [0.4, 0.5) is 8.78 Å². The molecule has 1 unspecified atom stereocenters. The van der Waals surface area contributed by atoms with Gasteiger partial charge < -0.3 is 20.1 Å². The molecule has 0 spiro atoms. The number of halogens is 2. The van der Waals surface area contributed by atoms with Crippen molar-refractivity contribution in [2.45, 2.75) is 12.2 Å². The van der Waals surface area contributed by atoms with E-state index in [-0.39, 0.29) is 0 Å². The van der Waals surface area contributed by atoms with Gasteiger partial charge >= 0.3 is 6.11 Å². The van der Waals surface area contributed by atoms with Gasteiger partial charge in [-0.1, -0.05) is 0 Å². The van der Waals surface area contributed by atoms with Gasteiger partial charge in [-0.2, -0.15) is 8.78 Å². The molecule has 0 fully saturated rings. The van der Waals surface area contributed by atoms with Crippen LogP contribution in [0.1, 0.15) is 0 Å². The van der Waals surface area contributed by atoms with Crippen molar-refractivity contribution in [2.24, 2.45) is 0 Å². The molecule has 0 saturated carbocycles. The smallest absolute Gasteiger partial charge is 0.376 e. The molecule has 0 rings (SSSR count). The lowest BCUT2D eigenvalue weighted by Crippen LogP contribution is -2.27. The number of hydrogen-bond donors (Lipinski definition) is 3. The summed E-state index contributed by atoms with van der Waals surface area (Å²) in [5, 5.41) is 24.5. The van der Waals surface area contributed by atoms with E-state index in [9.17, 15) is 8.78 Å². The molecule has 6 heteroatoms. The third kappa shape index (κ3) is 7.60. The number of alkyl halides is 2. The van der Waals surface area contributed by atoms with Crippen molar-refractivity contribution in [2.75, 3.05) is 19.8 Å². The number of ether oxygens (including phenoxy) is 1. The zero-order chi connectivity index (χ0) is 8.91. The van der Waals surface area contributed by atoms with E-state index < -0.39 is 32.0 Å². The van der Waals surface area contributed by atoms with Crippen LogP contribution in [0.5, 0.6) is 0 Å². The van der Waals surface area contributed by atoms with E-state index in [0.29, 0.717) is 0 Å². The molecular weight excluding hydrogens is 162 g/mol. The molecule has 0 aromatic heterocycles. The van der Waals surface area contributed by atoms with E-state index in [1.54, 1.807) is 0 Å². The van der Waals surface area contributed by atoms with Crippen LogP contribution in [0.25, 0.3) is 0 Å². The van der Waals surface area contributed by atoms with Gasteiger partial charge in [0.15, 0.2) is 0 Å². The second kappa shape index (κ2) is 4.55. The normalized spacial score (nSPS) is 15.0. The highest BCUT2D eigenvalue weighted by atomic mass is 19.3. The average molecular weight is 172 g/mol. The number of aliphatic hydroxyl groups excluding tert-OH is 2. The first-order valence-corrected chi connectivity index (χ1v) is 2.92. The first-order valence-electron chi connectivity index (χ1n) is 2.92. The summed E-state index contributed by atoms with van der Waals surface area (Å²) in [5.74, 6) is 0. The Balaban J connectivity index is 3.28. The van der Waals surface area contributed by atoms with Gasteiger partial charge in [0.05, 0.1) is 13.2 Å². The van der Waals surface area contributed by atoms with Crippen LogP contribution >= 0.6 is 0 Å². The summed E-state index contributed by atoms with van der Waals surface area (Å²) in [4.78, 5) is 0. The van der Waals surface area contributed by atoms with E-state index in [4.69, 9.17) is 15.3 Å². The SMILES string of the molecule is OCC(O)COCC(O)(F)F. The molecule has 0 aliphatic carbocycles. The van der Waals surface area contributed by atoms with Crippen LogP contribution in [-0.4, -0.2) is 47.4 Å². The van der Waals surface area contributed by atoms with Crippen LogP contribution in [0, 0.1) is 0 Å². The summed E-state index contributed by atoms with van der Waals surface area (Å²) >= 11 is 0. The predicted octanol–water partition coefficient (Wildman–Crippen LogP) is -1.06. The van der Waals surface area contributed by atoms with Gasteiger partial charge in [-0.3, -0.25) is 0 Å². The molecule has 0 aliphatic rings. The maximum Gasteiger partial charge on any atom is 0.376 e. The van der Waals surface area contributed by atoms with Crippen molar-refractivity contribution in [3.05, 3.63) is 0 Å². The Hall–Kier alpha value is -0.300. The third-order valence-corrected chi connectivity index (χ3v) is 0.797. The second-order valence-electron chi connectivity index (χ2n) is 2.02. The topological polar surface area (TPSA) is 69.9 Å². The molecule has 11 heavy (non-hydrogen) atoms. The van der Waals surface area contributed by atoms with Crippen molar-refractivity contribution in [1.82, 2.24) is 0 Å². The molecule has 0 radical (unpaired) electrons. The molecule has 0 aromatic carbocycles. The second-order valence-corrected chi connectivity index (χ2v) is 2.02. The van der Waals surface area contributed by atoms with E-state index in [1.165, 1.54) is 0 Å². The number of aliphatic hydroxyl groups is 3. The Labute approximate surface area is 62.0 Å². The van der Waals surface area contributed by atoms with Crippen LogP contribution in [0.15, 0.2) is 0 Å². The number of rotatable bonds is 5. The van der Waals surface area contributed by atoms with Gasteiger partial charge in [0, 0.05) is 0 Å². The highest BCUT2D eigenvalue weighted by Gasteiger charge is 2.24. The highest BCUT2D eigenvalue weighted by molar-refractivity contribution is 4.51. The minimum Gasteiger partial charge on any atom is -0.394 e. The van der Waals surface area contributed by atoms with E-state index >= 15 is 0 Å². The Morgan fingerprint density at radius 1 is 1.45 bits per heavy atom. The summed E-state index contributed by atoms with van der Waals surface area (Å²) < 4.78 is 27.3. The van der Waals surface area contributed by atoms with Gasteiger partial charge in [0.25, 0.3) is 0 Å². The first kappa shape index (κ1) is 10.7. The Bertz CT molecular complexity index is 103. The largest absolute Gasteiger partial charge is 0.394 e. The van der Waals surface area contributed by atoms with Gasteiger partial charge in [-0.05, 0) is 0 Å². The Kier molecular flexibility index (Phi) is 4.43. The van der Waals surface area contributed by atoms with Gasteiger partial charge in [0.1, 0.15) is 12.7 Å². The van der Waals surface area contributed by atoms with Gasteiger partial charge in [-0.25, -0.2) is 0 Å². The van der Waals surface area contributed by atoms with Crippen molar-refractivity contribution in [1.29, 1.82) is 0 Å². The fourth-order valence-electron chi connectivity index (χ4n) is 0.370. The zero-order valence-electron chi connectivity index (χ0n) is 5.70. The Morgan fingerprint density at radius 3 is 2.36 bits per heavy atom. The van der Waals surface area contributed by atoms with Crippen LogP contribution in [0.2, 0.25) is 0 Å². The standard InChI is InChI=1S/C5H10F2O4/c6-5(7,10)3-11-2-4(9)1-8/h4,8-10H,1-3H2. The first-order chi connectivity index (χ1) is 4.95. The van der Waals surface area contributed by atoms with E-state index in [2.05, 4.69) is 4.74 Å². The summed E-state index contributed by atoms with van der Waals surface area (Å²) in [7, 11) is 0. The number of hydrogen-bond acceptors (Lipinski definition) is 4. The lowest BCUT2D eigenvalue weighted by molar-refractivity contribution is -0.234. The molecular formula is C5H10F2O4. The fraction of sp³-hybridized carbons (Fsp3) is 1.00. The van der Waals surface area contributed by atoms with Crippen LogP contribution in [-0.2, 0) is 4.74 Å². The quantitative estimate of drug-likeness (QED) is 0.494. The fourth-order valence-corrected chi connectivity index (χ4v) is 0.370. The lowest BCUT2D eigenvalue weighted by atomic mass is 10.4. The lowest BCUT2D eigenvalue weighted by Gasteiger charge is -2.11. The monoisotopic (exact) mass is 172 g/mol. The third-order valence-electron chi connectivity index (χ3n) is 0.797. The summed E-state index contributed by atoms with van der Waals surface area (Å²) in [6.45, 7) is -2.16. The van der Waals surface area contributed by atoms with Gasteiger partial charge in [0.2, 0.25) is 0 Å². The molecule has 0 amide bonds. The average Bonchev–Trinajstić information content (AvgIpc) is 1.85. The molecule has 0 aromatic rings. The molecule has 0 aliphatic heterocycles. The minimum absolute atomic E-state index is 0.424. The maximum atomic E-state index is 11.6. The minimum atomic E-state index is -3.88. The van der Waals surface area contributed by atoms with Crippen molar-refractivity contribution in [3.63, 3.8) is 0 Å². The molecule has 0 heterocycles. The van der Waals surface area contributed by atoms with Crippen molar-refractivity contribution >= 4 is 0 Å². The van der Waals surface area contributed by atoms with Crippen LogP contribution in [0.3, 0.4) is 0 Å². The van der Waals surface area contributed by atoms with Crippen molar-refractivity contribution in [3.8, 4) is 0 Å². The molecule has 1 atom stereocenters. The summed E-state index contributed by atoms with van der Waals surface area (Å²) in [6.07, 6.45) is -5.06. The Morgan fingerprint density at radius 2 is 2.00 bits per heavy atom. The van der Waals surface area contributed by atoms with Gasteiger partial charge in [-0.15, -0.1) is 0 Å². The van der Waals surface area contributed by atoms with E-state index in [1.807, 2.05) is 0 Å². The highest BCUT2D eigenvalue weighted by Crippen LogP contribution is 2.07. The zero-order valence-corrected chi connectivity index (χ0v) is 5.70. The summed E-state index contributed by atoms with van der Waals surface area (Å²) in [5.41, 5.74) is 0. The molecule has 68 valence electrons. The van der Waals surface area contributed by atoms with Crippen LogP contribution < -0.4 is 0 Å². The summed E-state index contributed by atoms with van der Waals surface area (Å²) in [6, 6.07) is 0.